The third-order valence-corrected chi connectivity index (χ3v) is 3.14. The van der Waals surface area contributed by atoms with Gasteiger partial charge in [0.15, 0.2) is 5.82 Å². The van der Waals surface area contributed by atoms with E-state index in [0.717, 1.165) is 25.7 Å². The average molecular weight is 276 g/mol. The number of aliphatic hydroxyl groups excluding tert-OH is 1. The van der Waals surface area contributed by atoms with E-state index in [2.05, 4.69) is 26.0 Å². The van der Waals surface area contributed by atoms with Crippen LogP contribution >= 0.6 is 15.9 Å². The maximum atomic E-state index is 10.4. The zero-order chi connectivity index (χ0) is 10.9. The van der Waals surface area contributed by atoms with Gasteiger partial charge in [-0.3, -0.25) is 0 Å². The van der Waals surface area contributed by atoms with E-state index in [1.807, 2.05) is 0 Å². The number of hydrogen-bond acceptors (Lipinski definition) is 4. The predicted octanol–water partition coefficient (Wildman–Crippen LogP) is 0.794. The van der Waals surface area contributed by atoms with Crippen LogP contribution in [0.2, 0.25) is 0 Å². The molecule has 6 heteroatoms. The van der Waals surface area contributed by atoms with Crippen molar-refractivity contribution in [2.45, 2.75) is 37.8 Å². The molecule has 0 aliphatic heterocycles. The van der Waals surface area contributed by atoms with Crippen molar-refractivity contribution in [3.8, 4) is 0 Å². The van der Waals surface area contributed by atoms with Crippen LogP contribution in [0.1, 0.15) is 31.5 Å². The molecule has 1 heterocycles. The molecular weight excluding hydrogens is 262 g/mol. The quantitative estimate of drug-likeness (QED) is 0.856. The Bertz CT molecular complexity index is 347. The minimum absolute atomic E-state index is 0.00111. The fraction of sp³-hybridized carbons (Fsp3) is 0.778. The van der Waals surface area contributed by atoms with Crippen LogP contribution in [0.5, 0.6) is 0 Å². The second kappa shape index (κ2) is 4.19. The Balaban J connectivity index is 2.33. The van der Waals surface area contributed by atoms with E-state index in [1.165, 1.54) is 0 Å². The van der Waals surface area contributed by atoms with Crippen LogP contribution in [0.25, 0.3) is 0 Å². The molecule has 1 saturated carbocycles. The highest BCUT2D eigenvalue weighted by Crippen LogP contribution is 2.37. The van der Waals surface area contributed by atoms with Gasteiger partial charge in [-0.15, -0.1) is 5.10 Å². The normalized spacial score (nSPS) is 19.7. The van der Waals surface area contributed by atoms with Crippen LogP contribution in [-0.2, 0) is 12.1 Å². The summed E-state index contributed by atoms with van der Waals surface area (Å²) >= 11 is 3.19. The van der Waals surface area contributed by atoms with E-state index in [9.17, 15) is 5.11 Å². The molecule has 1 aromatic heterocycles. The summed E-state index contributed by atoms with van der Waals surface area (Å²) in [5.74, 6) is 0.570. The van der Waals surface area contributed by atoms with Crippen LogP contribution in [-0.4, -0.2) is 31.6 Å². The summed E-state index contributed by atoms with van der Waals surface area (Å²) in [7, 11) is 0. The standard InChI is InChI=1S/C9H14BrN3O2/c10-8-11-7(13(12-8)5-6-14)9(15)3-1-2-4-9/h14-15H,1-6H2. The highest BCUT2D eigenvalue weighted by atomic mass is 79.9. The van der Waals surface area contributed by atoms with E-state index >= 15 is 0 Å². The number of halogens is 1. The summed E-state index contributed by atoms with van der Waals surface area (Å²) in [6.45, 7) is 0.370. The molecule has 0 atom stereocenters. The van der Waals surface area contributed by atoms with Gasteiger partial charge in [0.1, 0.15) is 5.60 Å². The minimum Gasteiger partial charge on any atom is -0.394 e. The maximum Gasteiger partial charge on any atom is 0.217 e. The van der Waals surface area contributed by atoms with Gasteiger partial charge in [-0.05, 0) is 41.6 Å². The zero-order valence-corrected chi connectivity index (χ0v) is 9.94. The maximum absolute atomic E-state index is 10.4. The number of rotatable bonds is 3. The van der Waals surface area contributed by atoms with Crippen molar-refractivity contribution in [3.05, 3.63) is 10.6 Å². The smallest absolute Gasteiger partial charge is 0.217 e. The van der Waals surface area contributed by atoms with Gasteiger partial charge in [0, 0.05) is 0 Å². The molecule has 0 spiro atoms. The minimum atomic E-state index is -0.853. The van der Waals surface area contributed by atoms with Crippen molar-refractivity contribution in [1.29, 1.82) is 0 Å². The van der Waals surface area contributed by atoms with Gasteiger partial charge in [-0.2, -0.15) is 0 Å². The first-order valence-electron chi connectivity index (χ1n) is 5.10. The first-order valence-corrected chi connectivity index (χ1v) is 5.89. The van der Waals surface area contributed by atoms with Crippen molar-refractivity contribution in [1.82, 2.24) is 14.8 Å². The van der Waals surface area contributed by atoms with E-state index in [0.29, 0.717) is 17.1 Å². The van der Waals surface area contributed by atoms with Crippen molar-refractivity contribution >= 4 is 15.9 Å². The van der Waals surface area contributed by atoms with Crippen LogP contribution in [0.3, 0.4) is 0 Å². The highest BCUT2D eigenvalue weighted by molar-refractivity contribution is 9.10. The van der Waals surface area contributed by atoms with E-state index in [1.54, 1.807) is 4.68 Å². The Labute approximate surface area is 96.3 Å². The molecule has 1 aromatic rings. The summed E-state index contributed by atoms with van der Waals surface area (Å²) < 4.78 is 2.04. The number of aromatic nitrogens is 3. The van der Waals surface area contributed by atoms with Crippen LogP contribution < -0.4 is 0 Å². The van der Waals surface area contributed by atoms with Gasteiger partial charge < -0.3 is 10.2 Å². The lowest BCUT2D eigenvalue weighted by Gasteiger charge is -2.21. The van der Waals surface area contributed by atoms with Crippen LogP contribution in [0.15, 0.2) is 4.73 Å². The van der Waals surface area contributed by atoms with Crippen molar-refractivity contribution in [3.63, 3.8) is 0 Å². The lowest BCUT2D eigenvalue weighted by molar-refractivity contribution is 0.0294. The van der Waals surface area contributed by atoms with Gasteiger partial charge in [0.25, 0.3) is 0 Å². The summed E-state index contributed by atoms with van der Waals surface area (Å²) in [5.41, 5.74) is -0.853. The summed E-state index contributed by atoms with van der Waals surface area (Å²) in [6, 6.07) is 0. The Morgan fingerprint density at radius 3 is 2.67 bits per heavy atom. The largest absolute Gasteiger partial charge is 0.394 e. The molecule has 1 aliphatic rings. The second-order valence-electron chi connectivity index (χ2n) is 3.89. The van der Waals surface area contributed by atoms with Gasteiger partial charge in [-0.25, -0.2) is 9.67 Å². The molecule has 0 unspecified atom stereocenters. The van der Waals surface area contributed by atoms with Gasteiger partial charge >= 0.3 is 0 Å². The molecule has 5 nitrogen and oxygen atoms in total. The molecule has 84 valence electrons. The summed E-state index contributed by atoms with van der Waals surface area (Å²) in [4.78, 5) is 4.19. The average Bonchev–Trinajstić information content (AvgIpc) is 2.75. The molecule has 0 amide bonds. The number of nitrogens with zero attached hydrogens (tertiary/aromatic N) is 3. The lowest BCUT2D eigenvalue weighted by Crippen LogP contribution is -2.27. The van der Waals surface area contributed by atoms with Crippen LogP contribution in [0.4, 0.5) is 0 Å². The van der Waals surface area contributed by atoms with Gasteiger partial charge in [-0.1, -0.05) is 0 Å². The topological polar surface area (TPSA) is 71.2 Å². The predicted molar refractivity (Wildman–Crippen MR) is 57.2 cm³/mol. The Morgan fingerprint density at radius 2 is 2.07 bits per heavy atom. The lowest BCUT2D eigenvalue weighted by atomic mass is 10.0. The van der Waals surface area contributed by atoms with E-state index in [4.69, 9.17) is 5.11 Å². The van der Waals surface area contributed by atoms with Gasteiger partial charge in [0.05, 0.1) is 13.2 Å². The zero-order valence-electron chi connectivity index (χ0n) is 8.36. The van der Waals surface area contributed by atoms with Crippen molar-refractivity contribution in [2.75, 3.05) is 6.61 Å². The molecule has 1 fully saturated rings. The van der Waals surface area contributed by atoms with E-state index in [-0.39, 0.29) is 6.61 Å². The summed E-state index contributed by atoms with van der Waals surface area (Å²) in [5, 5.41) is 23.3. The van der Waals surface area contributed by atoms with E-state index < -0.39 is 5.60 Å². The number of hydrogen-bond donors (Lipinski definition) is 2. The Hall–Kier alpha value is -0.460. The molecule has 2 rings (SSSR count). The van der Waals surface area contributed by atoms with Crippen molar-refractivity contribution < 1.29 is 10.2 Å². The second-order valence-corrected chi connectivity index (χ2v) is 4.60. The highest BCUT2D eigenvalue weighted by Gasteiger charge is 2.37. The fourth-order valence-electron chi connectivity index (χ4n) is 2.09. The third-order valence-electron chi connectivity index (χ3n) is 2.80. The number of aliphatic hydroxyl groups is 2. The molecule has 0 bridgehead atoms. The molecule has 0 saturated heterocycles. The monoisotopic (exact) mass is 275 g/mol. The Morgan fingerprint density at radius 1 is 1.40 bits per heavy atom. The molecule has 2 N–H and O–H groups in total. The molecule has 15 heavy (non-hydrogen) atoms. The SMILES string of the molecule is OCCn1nc(Br)nc1C1(O)CCCC1. The third kappa shape index (κ3) is 2.07. The molecule has 0 aromatic carbocycles. The summed E-state index contributed by atoms with van der Waals surface area (Å²) in [6.07, 6.45) is 3.48. The first kappa shape index (κ1) is 11.0. The van der Waals surface area contributed by atoms with Gasteiger partial charge in [0.2, 0.25) is 4.73 Å². The first-order chi connectivity index (χ1) is 7.15. The molecule has 1 aliphatic carbocycles. The van der Waals surface area contributed by atoms with Crippen molar-refractivity contribution in [2.24, 2.45) is 0 Å². The Kier molecular flexibility index (Phi) is 3.08. The van der Waals surface area contributed by atoms with Crippen LogP contribution in [0, 0.1) is 0 Å². The fourth-order valence-corrected chi connectivity index (χ4v) is 2.45. The molecular formula is C9H14BrN3O2. The molecule has 0 radical (unpaired) electrons.